The van der Waals surface area contributed by atoms with Gasteiger partial charge in [0.25, 0.3) is 0 Å². The van der Waals surface area contributed by atoms with E-state index in [1.165, 1.54) is 33.4 Å². The Morgan fingerprint density at radius 1 is 0.609 bits per heavy atom. The van der Waals surface area contributed by atoms with Gasteiger partial charge in [-0.15, -0.1) is 10.2 Å². The van der Waals surface area contributed by atoms with Gasteiger partial charge in [-0.2, -0.15) is 0 Å². The van der Waals surface area contributed by atoms with Crippen LogP contribution in [0.2, 0.25) is 0 Å². The van der Waals surface area contributed by atoms with E-state index < -0.39 is 15.6 Å². The molecule has 0 N–H and O–H groups in total. The Morgan fingerprint density at radius 3 is 1.92 bits per heavy atom. The zero-order chi connectivity index (χ0) is 45.2. The molecule has 3 aliphatic carbocycles. The zero-order valence-electron chi connectivity index (χ0n) is 37.9. The lowest BCUT2D eigenvalue weighted by molar-refractivity contribution is 0.162. The van der Waals surface area contributed by atoms with Crippen LogP contribution in [-0.4, -0.2) is 52.6 Å². The van der Waals surface area contributed by atoms with Crippen LogP contribution in [0.25, 0.3) is 28.3 Å². The van der Waals surface area contributed by atoms with E-state index in [4.69, 9.17) is 47.1 Å². The molecule has 1 nitrogen and oxygen atoms in total. The maximum absolute atomic E-state index is 6.49. The first-order valence-electron chi connectivity index (χ1n) is 22.6. The van der Waals surface area contributed by atoms with Gasteiger partial charge in [-0.3, -0.25) is 0 Å². The highest BCUT2D eigenvalue weighted by Crippen LogP contribution is 2.61. The average molecular weight is 815 g/mol. The molecule has 0 aromatic heterocycles. The van der Waals surface area contributed by atoms with Gasteiger partial charge in [0, 0.05) is 22.3 Å². The fourth-order valence-electron chi connectivity index (χ4n) is 11.6. The van der Waals surface area contributed by atoms with Crippen molar-refractivity contribution in [1.29, 1.82) is 0 Å². The van der Waals surface area contributed by atoms with Gasteiger partial charge >= 0.3 is 0 Å². The summed E-state index contributed by atoms with van der Waals surface area (Å²) in [4.78, 5) is 2.67. The van der Waals surface area contributed by atoms with Crippen molar-refractivity contribution in [2.45, 2.75) is 86.4 Å². The summed E-state index contributed by atoms with van der Waals surface area (Å²) in [6.07, 6.45) is 14.2. The van der Waals surface area contributed by atoms with Gasteiger partial charge in [0.05, 0.1) is 47.1 Å². The van der Waals surface area contributed by atoms with Crippen molar-refractivity contribution in [1.82, 2.24) is 0 Å². The lowest BCUT2D eigenvalue weighted by atomic mass is 9.40. The lowest BCUT2D eigenvalue weighted by Gasteiger charge is -2.51. The minimum Gasteiger partial charge on any atom is -0.336 e. The highest BCUT2D eigenvalue weighted by molar-refractivity contribution is 6.59. The molecule has 1 saturated carbocycles. The van der Waals surface area contributed by atoms with Gasteiger partial charge in [0.15, 0.2) is 0 Å². The van der Waals surface area contributed by atoms with Gasteiger partial charge in [-0.25, -0.2) is 0 Å². The summed E-state index contributed by atoms with van der Waals surface area (Å²) in [6, 6.07) is 49.7. The second kappa shape index (κ2) is 16.3. The smallest absolute Gasteiger partial charge is 0.0563 e. The lowest BCUT2D eigenvalue weighted by Crippen LogP contribution is -2.51. The summed E-state index contributed by atoms with van der Waals surface area (Å²) in [7, 11) is 37.9. The summed E-state index contributed by atoms with van der Waals surface area (Å²) >= 11 is 0. The molecule has 9 rings (SSSR count). The van der Waals surface area contributed by atoms with Gasteiger partial charge in [0.1, 0.15) is 0 Å². The molecule has 0 heterocycles. The minimum absolute atomic E-state index is 0.0284. The number of rotatable bonds is 10. The molecule has 64 heavy (non-hydrogen) atoms. The number of benzene rings is 6. The highest BCUT2D eigenvalue weighted by atomic mass is 15.2. The molecule has 4 atom stereocenters. The Hall–Kier alpha value is -5.27. The summed E-state index contributed by atoms with van der Waals surface area (Å²) in [5.74, 6) is 0.992. The molecule has 0 saturated heterocycles. The van der Waals surface area contributed by atoms with E-state index in [1.807, 2.05) is 30.3 Å². The van der Waals surface area contributed by atoms with Gasteiger partial charge in [-0.05, 0) is 137 Å². The van der Waals surface area contributed by atoms with E-state index in [0.717, 1.165) is 52.9 Å². The van der Waals surface area contributed by atoms with Crippen molar-refractivity contribution in [3.8, 4) is 22.3 Å². The Bertz CT molecular complexity index is 2810. The van der Waals surface area contributed by atoms with Crippen LogP contribution in [-0.2, 0) is 21.1 Å². The molecule has 1 fully saturated rings. The molecule has 6 aromatic rings. The average Bonchev–Trinajstić information content (AvgIpc) is 3.66. The van der Waals surface area contributed by atoms with Gasteiger partial charge in [-0.1, -0.05) is 171 Å². The quantitative estimate of drug-likeness (QED) is 0.0984. The van der Waals surface area contributed by atoms with Crippen molar-refractivity contribution in [3.63, 3.8) is 0 Å². The van der Waals surface area contributed by atoms with Crippen LogP contribution in [0.15, 0.2) is 170 Å². The van der Waals surface area contributed by atoms with Crippen molar-refractivity contribution in [2.24, 2.45) is 5.92 Å². The third-order valence-corrected chi connectivity index (χ3v) is 14.9. The Balaban J connectivity index is 1.28. The predicted molar refractivity (Wildman–Crippen MR) is 276 cm³/mol. The molecule has 6 aromatic carbocycles. The van der Waals surface area contributed by atoms with E-state index in [9.17, 15) is 0 Å². The van der Waals surface area contributed by atoms with Crippen LogP contribution in [0.1, 0.15) is 104 Å². The Labute approximate surface area is 390 Å². The monoisotopic (exact) mass is 815 g/mol. The Kier molecular flexibility index (Phi) is 11.2. The van der Waals surface area contributed by atoms with E-state index in [2.05, 4.69) is 179 Å². The molecule has 0 amide bonds. The zero-order valence-corrected chi connectivity index (χ0v) is 37.9. The van der Waals surface area contributed by atoms with Crippen LogP contribution in [0.3, 0.4) is 0 Å². The number of anilines is 1. The minimum atomic E-state index is -1.57. The molecular formula is C57H51B6N. The van der Waals surface area contributed by atoms with E-state index in [1.54, 1.807) is 0 Å². The topological polar surface area (TPSA) is 3.24 Å². The van der Waals surface area contributed by atoms with E-state index >= 15 is 0 Å². The summed E-state index contributed by atoms with van der Waals surface area (Å²) in [5, 5.41) is -3.03. The third-order valence-electron chi connectivity index (χ3n) is 14.9. The maximum Gasteiger partial charge on any atom is 0.0563 e. The number of fused-ring (bicyclic) bond motifs is 6. The second-order valence-corrected chi connectivity index (χ2v) is 19.6. The second-order valence-electron chi connectivity index (χ2n) is 19.6. The molecular weight excluding hydrogens is 764 g/mol. The predicted octanol–water partition coefficient (Wildman–Crippen LogP) is 11.5. The Morgan fingerprint density at radius 2 is 1.22 bits per heavy atom. The summed E-state index contributed by atoms with van der Waals surface area (Å²) < 4.78 is 0. The summed E-state index contributed by atoms with van der Waals surface area (Å²) in [5.41, 5.74) is 14.6. The number of hydrogen-bond donors (Lipinski definition) is 0. The number of nitrogens with zero attached hydrogens (tertiary/aromatic N) is 1. The van der Waals surface area contributed by atoms with Crippen LogP contribution in [0.5, 0.6) is 0 Å². The van der Waals surface area contributed by atoms with Gasteiger partial charge < -0.3 is 4.90 Å². The van der Waals surface area contributed by atoms with Crippen LogP contribution in [0.4, 0.5) is 5.69 Å². The maximum atomic E-state index is 6.49. The fraction of sp³-hybridized carbons (Fsp3) is 0.263. The summed E-state index contributed by atoms with van der Waals surface area (Å²) in [6.45, 7) is 11.8. The van der Waals surface area contributed by atoms with Crippen molar-refractivity contribution in [2.75, 3.05) is 4.90 Å². The van der Waals surface area contributed by atoms with E-state index in [-0.39, 0.29) is 11.0 Å². The molecule has 0 spiro atoms. The fourth-order valence-corrected chi connectivity index (χ4v) is 11.6. The van der Waals surface area contributed by atoms with Crippen LogP contribution < -0.4 is 4.90 Å². The largest absolute Gasteiger partial charge is 0.336 e. The van der Waals surface area contributed by atoms with Crippen LogP contribution in [0, 0.1) is 5.92 Å². The first-order valence-corrected chi connectivity index (χ1v) is 22.6. The van der Waals surface area contributed by atoms with Crippen molar-refractivity contribution >= 4 is 58.8 Å². The molecule has 12 radical (unpaired) electrons. The molecule has 3 aliphatic rings. The standard InChI is InChI=1S/C57H51B6N/c1-6-7-9-18-41(33-37-16-10-8-11-17-37)64(54(4)32-31-47-44-19-12-14-21-48(44)53(2,3)52(47)36-54)42-28-30-46-45-20-13-15-22-49(45)55(5,51(46)35-42)50-34-40(57(61,62)63)27-29-43(50)38-23-25-39(26-24-38)56(58,59)60/h6-30,33-35,47,52H,31-32,36H2,1-5H3/b7-6-,18-9-,41-33?. The molecule has 7 heteroatoms. The molecule has 0 aliphatic heterocycles. The first kappa shape index (κ1) is 44.0. The SMILES string of the molecule is [B]C([B])([B])c1ccc(-c2ccc(C([B])([B])[B])cc2C2(C)c3ccccc3-c3ccc(N(C(=Cc4ccccc4)/C=C\C=C/C)C4(C)CCC5c6ccccc6C(C)(C)C5C4)cc32)cc1. The van der Waals surface area contributed by atoms with Crippen molar-refractivity contribution < 1.29 is 0 Å². The molecule has 4 unspecified atom stereocenters. The van der Waals surface area contributed by atoms with Crippen LogP contribution >= 0.6 is 0 Å². The first-order chi connectivity index (χ1) is 30.4. The van der Waals surface area contributed by atoms with E-state index in [0.29, 0.717) is 23.0 Å². The van der Waals surface area contributed by atoms with Crippen molar-refractivity contribution in [3.05, 3.63) is 214 Å². The number of hydrogen-bond acceptors (Lipinski definition) is 1. The highest BCUT2D eigenvalue weighted by Gasteiger charge is 2.53. The van der Waals surface area contributed by atoms with Gasteiger partial charge in [0.2, 0.25) is 0 Å². The molecule has 0 bridgehead atoms. The number of allylic oxidation sites excluding steroid dienone is 4. The molecule has 302 valence electrons. The third kappa shape index (κ3) is 7.55. The normalized spacial score (nSPS) is 22.5.